The topological polar surface area (TPSA) is 93.7 Å². The molecule has 0 aliphatic heterocycles. The fourth-order valence-corrected chi connectivity index (χ4v) is 3.01. The molecule has 0 fully saturated rings. The van der Waals surface area contributed by atoms with E-state index in [1.54, 1.807) is 30.3 Å². The molecule has 0 saturated heterocycles. The van der Waals surface area contributed by atoms with Crippen molar-refractivity contribution in [1.82, 2.24) is 10.0 Å². The number of rotatable bonds is 6. The molecular weight excluding hydrogens is 344 g/mol. The highest BCUT2D eigenvalue weighted by Crippen LogP contribution is 2.22. The monoisotopic (exact) mass is 364 g/mol. The van der Waals surface area contributed by atoms with E-state index >= 15 is 0 Å². The van der Waals surface area contributed by atoms with Crippen LogP contribution >= 0.6 is 0 Å². The maximum Gasteiger partial charge on any atom is 0.328 e. The first-order valence-corrected chi connectivity index (χ1v) is 8.91. The van der Waals surface area contributed by atoms with Gasteiger partial charge in [-0.15, -0.1) is 0 Å². The SMILES string of the molecule is COc1cc(CNC(=O)NS(=O)(=O)c2ccc(C)cc2)cc(OC)c1. The molecule has 0 heterocycles. The Kier molecular flexibility index (Phi) is 5.87. The molecule has 0 atom stereocenters. The number of carbonyl (C=O) groups is 1. The highest BCUT2D eigenvalue weighted by atomic mass is 32.2. The predicted molar refractivity (Wildman–Crippen MR) is 93.3 cm³/mol. The van der Waals surface area contributed by atoms with Crippen LogP contribution in [0.3, 0.4) is 0 Å². The van der Waals surface area contributed by atoms with Crippen molar-refractivity contribution in [3.63, 3.8) is 0 Å². The standard InChI is InChI=1S/C17H20N2O5S/c1-12-4-6-16(7-5-12)25(21,22)19-17(20)18-11-13-8-14(23-2)10-15(9-13)24-3/h4-10H,11H2,1-3H3,(H2,18,19,20). The zero-order valence-electron chi connectivity index (χ0n) is 14.2. The van der Waals surface area contributed by atoms with Gasteiger partial charge in [0.15, 0.2) is 0 Å². The fourth-order valence-electron chi connectivity index (χ4n) is 2.09. The molecule has 2 N–H and O–H groups in total. The number of ether oxygens (including phenoxy) is 2. The van der Waals surface area contributed by atoms with Crippen LogP contribution in [0.5, 0.6) is 11.5 Å². The third-order valence-corrected chi connectivity index (χ3v) is 4.77. The van der Waals surface area contributed by atoms with Gasteiger partial charge in [-0.25, -0.2) is 17.9 Å². The fraction of sp³-hybridized carbons (Fsp3) is 0.235. The van der Waals surface area contributed by atoms with Crippen molar-refractivity contribution in [2.75, 3.05) is 14.2 Å². The van der Waals surface area contributed by atoms with Crippen LogP contribution in [-0.4, -0.2) is 28.7 Å². The van der Waals surface area contributed by atoms with Crippen molar-refractivity contribution in [1.29, 1.82) is 0 Å². The van der Waals surface area contributed by atoms with Crippen LogP contribution in [0.1, 0.15) is 11.1 Å². The lowest BCUT2D eigenvalue weighted by molar-refractivity contribution is 0.245. The minimum Gasteiger partial charge on any atom is -0.497 e. The molecule has 8 heteroatoms. The smallest absolute Gasteiger partial charge is 0.328 e. The summed E-state index contributed by atoms with van der Waals surface area (Å²) in [5, 5.41) is 2.50. The number of aryl methyl sites for hydroxylation is 1. The zero-order chi connectivity index (χ0) is 18.4. The van der Waals surface area contributed by atoms with Gasteiger partial charge in [0, 0.05) is 12.6 Å². The van der Waals surface area contributed by atoms with Crippen LogP contribution in [0, 0.1) is 6.92 Å². The Morgan fingerprint density at radius 1 is 1.00 bits per heavy atom. The summed E-state index contributed by atoms with van der Waals surface area (Å²) in [6, 6.07) is 10.5. The molecule has 0 bridgehead atoms. The van der Waals surface area contributed by atoms with Crippen LogP contribution in [0.2, 0.25) is 0 Å². The minimum atomic E-state index is -3.92. The van der Waals surface area contributed by atoms with Gasteiger partial charge in [-0.05, 0) is 36.8 Å². The van der Waals surface area contributed by atoms with E-state index in [-0.39, 0.29) is 11.4 Å². The van der Waals surface area contributed by atoms with Crippen LogP contribution in [0.4, 0.5) is 4.79 Å². The minimum absolute atomic E-state index is 0.0244. The average Bonchev–Trinajstić information content (AvgIpc) is 2.59. The van der Waals surface area contributed by atoms with Crippen LogP contribution in [0.15, 0.2) is 47.4 Å². The second-order valence-electron chi connectivity index (χ2n) is 5.32. The van der Waals surface area contributed by atoms with Crippen LogP contribution in [-0.2, 0) is 16.6 Å². The number of benzene rings is 2. The van der Waals surface area contributed by atoms with Gasteiger partial charge in [0.05, 0.1) is 19.1 Å². The average molecular weight is 364 g/mol. The second-order valence-corrected chi connectivity index (χ2v) is 7.00. The van der Waals surface area contributed by atoms with Gasteiger partial charge >= 0.3 is 6.03 Å². The number of methoxy groups -OCH3 is 2. The van der Waals surface area contributed by atoms with E-state index in [4.69, 9.17) is 9.47 Å². The summed E-state index contributed by atoms with van der Waals surface area (Å²) in [4.78, 5) is 11.9. The molecule has 0 saturated carbocycles. The Morgan fingerprint density at radius 3 is 2.08 bits per heavy atom. The summed E-state index contributed by atoms with van der Waals surface area (Å²) in [5.41, 5.74) is 1.63. The first-order valence-electron chi connectivity index (χ1n) is 7.43. The number of sulfonamides is 1. The Balaban J connectivity index is 2.02. The van der Waals surface area contributed by atoms with Crippen LogP contribution < -0.4 is 19.5 Å². The third-order valence-electron chi connectivity index (χ3n) is 3.42. The molecule has 0 aromatic heterocycles. The Morgan fingerprint density at radius 2 is 1.56 bits per heavy atom. The number of urea groups is 1. The maximum absolute atomic E-state index is 12.2. The lowest BCUT2D eigenvalue weighted by Crippen LogP contribution is -2.39. The van der Waals surface area contributed by atoms with Gasteiger partial charge in [0.2, 0.25) is 0 Å². The molecule has 2 aromatic carbocycles. The third kappa shape index (κ3) is 5.12. The number of nitrogens with one attached hydrogen (secondary N) is 2. The summed E-state index contributed by atoms with van der Waals surface area (Å²) < 4.78 is 36.6. The molecule has 2 amide bonds. The molecule has 0 aliphatic carbocycles. The summed E-state index contributed by atoms with van der Waals surface area (Å²) in [5.74, 6) is 1.15. The van der Waals surface area contributed by atoms with Gasteiger partial charge in [-0.3, -0.25) is 0 Å². The van der Waals surface area contributed by atoms with Gasteiger partial charge in [-0.2, -0.15) is 0 Å². The van der Waals surface area contributed by atoms with E-state index in [0.29, 0.717) is 17.1 Å². The predicted octanol–water partition coefficient (Wildman–Crippen LogP) is 2.20. The number of hydrogen-bond acceptors (Lipinski definition) is 5. The molecular formula is C17H20N2O5S. The number of carbonyl (C=O) groups excluding carboxylic acids is 1. The molecule has 7 nitrogen and oxygen atoms in total. The lowest BCUT2D eigenvalue weighted by atomic mass is 10.2. The van der Waals surface area contributed by atoms with Gasteiger partial charge in [0.25, 0.3) is 10.0 Å². The summed E-state index contributed by atoms with van der Waals surface area (Å²) in [6.07, 6.45) is 0. The van der Waals surface area contributed by atoms with Gasteiger partial charge < -0.3 is 14.8 Å². The second kappa shape index (κ2) is 7.89. The molecule has 0 spiro atoms. The van der Waals surface area contributed by atoms with E-state index in [1.165, 1.54) is 26.4 Å². The zero-order valence-corrected chi connectivity index (χ0v) is 15.0. The van der Waals surface area contributed by atoms with Gasteiger partial charge in [-0.1, -0.05) is 17.7 Å². The first kappa shape index (κ1) is 18.6. The molecule has 0 aliphatic rings. The molecule has 0 radical (unpaired) electrons. The summed E-state index contributed by atoms with van der Waals surface area (Å²) in [7, 11) is -0.876. The molecule has 25 heavy (non-hydrogen) atoms. The Labute approximate surface area is 147 Å². The number of hydrogen-bond donors (Lipinski definition) is 2. The highest BCUT2D eigenvalue weighted by Gasteiger charge is 2.17. The molecule has 134 valence electrons. The van der Waals surface area contributed by atoms with E-state index in [9.17, 15) is 13.2 Å². The Bertz CT molecular complexity index is 826. The molecule has 0 unspecified atom stereocenters. The highest BCUT2D eigenvalue weighted by molar-refractivity contribution is 7.90. The van der Waals surface area contributed by atoms with Crippen molar-refractivity contribution >= 4 is 16.1 Å². The van der Waals surface area contributed by atoms with Crippen molar-refractivity contribution in [2.45, 2.75) is 18.4 Å². The Hall–Kier alpha value is -2.74. The van der Waals surface area contributed by atoms with Crippen molar-refractivity contribution < 1.29 is 22.7 Å². The van der Waals surface area contributed by atoms with Gasteiger partial charge in [0.1, 0.15) is 11.5 Å². The lowest BCUT2D eigenvalue weighted by Gasteiger charge is -2.11. The largest absolute Gasteiger partial charge is 0.497 e. The van der Waals surface area contributed by atoms with Crippen molar-refractivity contribution in [2.24, 2.45) is 0 Å². The van der Waals surface area contributed by atoms with E-state index in [1.807, 2.05) is 11.6 Å². The molecule has 2 aromatic rings. The van der Waals surface area contributed by atoms with Crippen molar-refractivity contribution in [3.05, 3.63) is 53.6 Å². The normalized spacial score (nSPS) is 10.8. The van der Waals surface area contributed by atoms with E-state index < -0.39 is 16.1 Å². The van der Waals surface area contributed by atoms with Crippen LogP contribution in [0.25, 0.3) is 0 Å². The quantitative estimate of drug-likeness (QED) is 0.820. The van der Waals surface area contributed by atoms with E-state index in [0.717, 1.165) is 5.56 Å². The number of amides is 2. The summed E-state index contributed by atoms with van der Waals surface area (Å²) in [6.45, 7) is 1.96. The molecule has 2 rings (SSSR count). The summed E-state index contributed by atoms with van der Waals surface area (Å²) >= 11 is 0. The first-order chi connectivity index (χ1) is 11.8. The van der Waals surface area contributed by atoms with E-state index in [2.05, 4.69) is 5.32 Å². The van der Waals surface area contributed by atoms with Crippen molar-refractivity contribution in [3.8, 4) is 11.5 Å². The maximum atomic E-state index is 12.2.